The molecule has 0 bridgehead atoms. The van der Waals surface area contributed by atoms with Crippen molar-refractivity contribution in [3.8, 4) is 5.75 Å². The Morgan fingerprint density at radius 1 is 1.17 bits per heavy atom. The smallest absolute Gasteiger partial charge is 0.323 e. The zero-order valence-electron chi connectivity index (χ0n) is 24.5. The van der Waals surface area contributed by atoms with E-state index in [4.69, 9.17) is 30.1 Å². The summed E-state index contributed by atoms with van der Waals surface area (Å²) in [6.45, 7) is 10.5. The molecule has 0 aliphatic carbocycles. The molecule has 226 valence electrons. The van der Waals surface area contributed by atoms with E-state index in [0.717, 1.165) is 23.4 Å². The van der Waals surface area contributed by atoms with Crippen LogP contribution in [0.2, 0.25) is 5.02 Å². The van der Waals surface area contributed by atoms with Crippen molar-refractivity contribution in [3.05, 3.63) is 47.9 Å². The van der Waals surface area contributed by atoms with Crippen LogP contribution >= 0.6 is 32.1 Å². The van der Waals surface area contributed by atoms with Gasteiger partial charge in [-0.2, -0.15) is 4.83 Å². The van der Waals surface area contributed by atoms with Gasteiger partial charge in [0.15, 0.2) is 5.82 Å². The van der Waals surface area contributed by atoms with E-state index in [1.165, 1.54) is 11.9 Å². The molecule has 14 heteroatoms. The molecular formula is C27H40ClN6O5PS. The lowest BCUT2D eigenvalue weighted by molar-refractivity contribution is -0.149. The molecule has 2 aromatic heterocycles. The van der Waals surface area contributed by atoms with E-state index in [1.807, 2.05) is 23.5 Å². The Hall–Kier alpha value is -2.18. The lowest BCUT2D eigenvalue weighted by atomic mass is 10.1. The van der Waals surface area contributed by atoms with Crippen LogP contribution in [0.5, 0.6) is 5.75 Å². The van der Waals surface area contributed by atoms with E-state index >= 15 is 0 Å². The quantitative estimate of drug-likeness (QED) is 0.0807. The first-order chi connectivity index (χ1) is 19.7. The number of hydrogen-bond donors (Lipinski definition) is 2. The number of aromatic nitrogens is 3. The van der Waals surface area contributed by atoms with Crippen LogP contribution in [0.3, 0.4) is 0 Å². The summed E-state index contributed by atoms with van der Waals surface area (Å²) in [5, 5.41) is 6.67. The van der Waals surface area contributed by atoms with Gasteiger partial charge in [-0.05, 0) is 77.6 Å². The molecule has 0 amide bonds. The number of hydrazine groups is 1. The number of methoxy groups -OCH3 is 1. The normalized spacial score (nSPS) is 14.6. The largest absolute Gasteiger partial charge is 0.462 e. The Bertz CT molecular complexity index is 1240. The molecule has 2 N–H and O–H groups in total. The molecule has 0 spiro atoms. The highest BCUT2D eigenvalue weighted by Gasteiger charge is 2.26. The first kappa shape index (κ1) is 33.3. The van der Waals surface area contributed by atoms with Crippen LogP contribution in [0.15, 0.2) is 42.9 Å². The van der Waals surface area contributed by atoms with Gasteiger partial charge in [0, 0.05) is 30.9 Å². The summed E-state index contributed by atoms with van der Waals surface area (Å²) >= 11 is 7.54. The van der Waals surface area contributed by atoms with Gasteiger partial charge in [-0.15, -0.1) is 0 Å². The van der Waals surface area contributed by atoms with Crippen molar-refractivity contribution in [2.75, 3.05) is 31.5 Å². The van der Waals surface area contributed by atoms with Gasteiger partial charge < -0.3 is 23.1 Å². The van der Waals surface area contributed by atoms with E-state index in [0.29, 0.717) is 17.2 Å². The molecule has 3 rings (SSSR count). The molecule has 11 nitrogen and oxygen atoms in total. The number of fused-ring (bicyclic) bond motifs is 1. The highest BCUT2D eigenvalue weighted by molar-refractivity contribution is 7.96. The van der Waals surface area contributed by atoms with Crippen molar-refractivity contribution >= 4 is 54.9 Å². The minimum atomic E-state index is -1.71. The summed E-state index contributed by atoms with van der Waals surface area (Å²) in [4.78, 5) is 24.8. The molecular weight excluding hydrogens is 587 g/mol. The Morgan fingerprint density at radius 3 is 2.54 bits per heavy atom. The molecule has 0 saturated carbocycles. The van der Waals surface area contributed by atoms with Gasteiger partial charge in [0.05, 0.1) is 24.2 Å². The zero-order valence-corrected chi connectivity index (χ0v) is 27.0. The Morgan fingerprint density at radius 2 is 1.90 bits per heavy atom. The standard InChI is InChI=1S/C27H40ClN6O5PS/c1-8-34(32-41-7)26-24-13-14-33(25(24)29-17-30-26)19(4)15-23(36-6)16-37-40(31-20(5)27(35)38-18(2)3)39-22-11-9-21(28)10-12-22/h9-14,17-20,23,31-32H,8,15-16H2,1-7H3. The van der Waals surface area contributed by atoms with Gasteiger partial charge in [0.1, 0.15) is 23.8 Å². The lowest BCUT2D eigenvalue weighted by Crippen LogP contribution is -2.35. The van der Waals surface area contributed by atoms with Crippen molar-refractivity contribution in [2.24, 2.45) is 0 Å². The minimum absolute atomic E-state index is 0.0451. The molecule has 0 saturated heterocycles. The summed E-state index contributed by atoms with van der Waals surface area (Å²) in [6.07, 6.45) is 5.74. The van der Waals surface area contributed by atoms with Crippen molar-refractivity contribution in [2.45, 2.75) is 65.3 Å². The molecule has 4 unspecified atom stereocenters. The second-order valence-electron chi connectivity index (χ2n) is 9.57. The second kappa shape index (κ2) is 16.5. The number of nitrogens with one attached hydrogen (secondary N) is 2. The molecule has 0 aliphatic heterocycles. The van der Waals surface area contributed by atoms with Gasteiger partial charge >= 0.3 is 14.5 Å². The third kappa shape index (κ3) is 9.68. The monoisotopic (exact) mass is 626 g/mol. The molecule has 4 atom stereocenters. The predicted molar refractivity (Wildman–Crippen MR) is 166 cm³/mol. The van der Waals surface area contributed by atoms with E-state index in [2.05, 4.69) is 38.3 Å². The van der Waals surface area contributed by atoms with Crippen LogP contribution < -0.4 is 19.5 Å². The van der Waals surface area contributed by atoms with Gasteiger partial charge in [0.25, 0.3) is 0 Å². The molecule has 0 radical (unpaired) electrons. The maximum absolute atomic E-state index is 12.4. The molecule has 2 heterocycles. The third-order valence-corrected chi connectivity index (χ3v) is 8.07. The average Bonchev–Trinajstić information content (AvgIpc) is 3.39. The first-order valence-corrected chi connectivity index (χ1v) is 16.2. The molecule has 1 aromatic carbocycles. The number of benzene rings is 1. The van der Waals surface area contributed by atoms with E-state index in [9.17, 15) is 4.79 Å². The number of esters is 1. The predicted octanol–water partition coefficient (Wildman–Crippen LogP) is 5.91. The van der Waals surface area contributed by atoms with E-state index in [1.54, 1.807) is 58.5 Å². The fourth-order valence-corrected chi connectivity index (χ4v) is 5.78. The van der Waals surface area contributed by atoms with Crippen LogP contribution in [0, 0.1) is 0 Å². The SMILES string of the molecule is CCN(NSC)c1ncnc2c1ccn2C(C)CC(COP(NC(C)C(=O)OC(C)C)Oc1ccc(Cl)cc1)OC. The zero-order chi connectivity index (χ0) is 29.9. The molecule has 3 aromatic rings. The van der Waals surface area contributed by atoms with Crippen LogP contribution in [-0.4, -0.2) is 65.3 Å². The fraction of sp³-hybridized carbons (Fsp3) is 0.519. The van der Waals surface area contributed by atoms with Crippen molar-refractivity contribution in [1.82, 2.24) is 24.5 Å². The van der Waals surface area contributed by atoms with Crippen LogP contribution in [0.25, 0.3) is 11.0 Å². The first-order valence-electron chi connectivity index (χ1n) is 13.4. The van der Waals surface area contributed by atoms with Crippen molar-refractivity contribution in [3.63, 3.8) is 0 Å². The van der Waals surface area contributed by atoms with Crippen LogP contribution in [0.1, 0.15) is 47.1 Å². The average molecular weight is 627 g/mol. The number of anilines is 1. The van der Waals surface area contributed by atoms with Gasteiger partial charge in [-0.1, -0.05) is 23.5 Å². The summed E-state index contributed by atoms with van der Waals surface area (Å²) < 4.78 is 25.5. The number of carbonyl (C=O) groups is 1. The van der Waals surface area contributed by atoms with Crippen LogP contribution in [0.4, 0.5) is 5.82 Å². The van der Waals surface area contributed by atoms with Gasteiger partial charge in [-0.3, -0.25) is 9.80 Å². The van der Waals surface area contributed by atoms with Gasteiger partial charge in [0.2, 0.25) is 0 Å². The number of rotatable bonds is 17. The number of carbonyl (C=O) groups excluding carboxylic acids is 1. The topological polar surface area (TPSA) is 112 Å². The summed E-state index contributed by atoms with van der Waals surface area (Å²) in [5.74, 6) is 1.000. The van der Waals surface area contributed by atoms with Crippen LogP contribution in [-0.2, 0) is 18.8 Å². The molecule has 0 fully saturated rings. The number of nitrogens with zero attached hydrogens (tertiary/aromatic N) is 4. The highest BCUT2D eigenvalue weighted by atomic mass is 35.5. The third-order valence-electron chi connectivity index (χ3n) is 6.06. The van der Waals surface area contributed by atoms with Gasteiger partial charge in [-0.25, -0.2) is 15.1 Å². The maximum atomic E-state index is 12.4. The molecule has 0 aliphatic rings. The Labute approximate surface area is 252 Å². The van der Waals surface area contributed by atoms with E-state index < -0.39 is 14.6 Å². The summed E-state index contributed by atoms with van der Waals surface area (Å²) in [6, 6.07) is 8.39. The van der Waals surface area contributed by atoms with E-state index in [-0.39, 0.29) is 30.8 Å². The highest BCUT2D eigenvalue weighted by Crippen LogP contribution is 2.37. The second-order valence-corrected chi connectivity index (χ2v) is 11.8. The minimum Gasteiger partial charge on any atom is -0.462 e. The Kier molecular flexibility index (Phi) is 13.4. The number of ether oxygens (including phenoxy) is 2. The summed E-state index contributed by atoms with van der Waals surface area (Å²) in [7, 11) is -0.0600. The molecule has 41 heavy (non-hydrogen) atoms. The lowest BCUT2D eigenvalue weighted by Gasteiger charge is -2.26. The Balaban J connectivity index is 1.71. The van der Waals surface area contributed by atoms with Crippen molar-refractivity contribution < 1.29 is 23.3 Å². The fourth-order valence-electron chi connectivity index (χ4n) is 4.00. The summed E-state index contributed by atoms with van der Waals surface area (Å²) in [5.41, 5.74) is 0.840. The maximum Gasteiger partial charge on any atom is 0.323 e. The van der Waals surface area contributed by atoms with Crippen molar-refractivity contribution in [1.29, 1.82) is 0 Å². The number of hydrogen-bond acceptors (Lipinski definition) is 11. The number of halogens is 1.